The first kappa shape index (κ1) is 14.8. The molecule has 128 valence electrons. The van der Waals surface area contributed by atoms with Crippen molar-refractivity contribution in [3.63, 3.8) is 0 Å². The van der Waals surface area contributed by atoms with Gasteiger partial charge >= 0.3 is 0 Å². The molecule has 0 unspecified atom stereocenters. The average Bonchev–Trinajstić information content (AvgIpc) is 3.36. The number of aromatic nitrogens is 5. The summed E-state index contributed by atoms with van der Waals surface area (Å²) in [6.45, 7) is 5.64. The van der Waals surface area contributed by atoms with E-state index in [-0.39, 0.29) is 11.5 Å². The predicted octanol–water partition coefficient (Wildman–Crippen LogP) is 2.61. The van der Waals surface area contributed by atoms with Gasteiger partial charge in [0.05, 0.1) is 23.5 Å². The minimum absolute atomic E-state index is 0.271. The molecule has 1 aliphatic heterocycles. The van der Waals surface area contributed by atoms with Crippen molar-refractivity contribution in [2.75, 3.05) is 12.3 Å². The van der Waals surface area contributed by atoms with Crippen LogP contribution in [0.1, 0.15) is 44.1 Å². The van der Waals surface area contributed by atoms with Gasteiger partial charge in [-0.3, -0.25) is 4.98 Å². The van der Waals surface area contributed by atoms with Crippen molar-refractivity contribution in [2.45, 2.75) is 44.8 Å². The van der Waals surface area contributed by atoms with E-state index in [1.807, 2.05) is 0 Å². The van der Waals surface area contributed by atoms with Crippen molar-refractivity contribution < 1.29 is 4.74 Å². The molecule has 0 aromatic carbocycles. The van der Waals surface area contributed by atoms with Crippen molar-refractivity contribution in [1.29, 1.82) is 0 Å². The summed E-state index contributed by atoms with van der Waals surface area (Å²) in [4.78, 5) is 18.1. The Hall–Kier alpha value is -2.54. The highest BCUT2D eigenvalue weighted by atomic mass is 16.5. The van der Waals surface area contributed by atoms with Crippen LogP contribution < -0.4 is 5.73 Å². The summed E-state index contributed by atoms with van der Waals surface area (Å²) >= 11 is 0. The normalized spacial score (nSPS) is 19.1. The molecule has 0 amide bonds. The molecule has 7 nitrogen and oxygen atoms in total. The molecule has 0 spiro atoms. The molecule has 1 aliphatic carbocycles. The summed E-state index contributed by atoms with van der Waals surface area (Å²) in [5.41, 5.74) is 10.2. The van der Waals surface area contributed by atoms with Crippen LogP contribution in [0, 0.1) is 0 Å². The quantitative estimate of drug-likeness (QED) is 0.773. The lowest BCUT2D eigenvalue weighted by Crippen LogP contribution is -2.33. The van der Waals surface area contributed by atoms with E-state index in [9.17, 15) is 0 Å². The minimum atomic E-state index is -0.386. The second-order valence-electron chi connectivity index (χ2n) is 7.31. The summed E-state index contributed by atoms with van der Waals surface area (Å²) < 4.78 is 8.20. The van der Waals surface area contributed by atoms with E-state index in [1.165, 1.54) is 12.8 Å². The summed E-state index contributed by atoms with van der Waals surface area (Å²) in [5, 5.41) is 0. The van der Waals surface area contributed by atoms with Crippen LogP contribution in [0.2, 0.25) is 0 Å². The number of nitrogens with two attached hydrogens (primary N) is 1. The lowest BCUT2D eigenvalue weighted by atomic mass is 10.1. The third-order valence-electron chi connectivity index (χ3n) is 5.01. The van der Waals surface area contributed by atoms with Crippen LogP contribution in [0.3, 0.4) is 0 Å². The molecule has 1 fully saturated rings. The smallest absolute Gasteiger partial charge is 0.219 e. The molecule has 4 heterocycles. The number of pyridine rings is 1. The number of ether oxygens (including phenoxy) is 1. The van der Waals surface area contributed by atoms with Gasteiger partial charge < -0.3 is 15.0 Å². The van der Waals surface area contributed by atoms with Crippen molar-refractivity contribution in [3.8, 4) is 11.3 Å². The van der Waals surface area contributed by atoms with Crippen LogP contribution in [-0.2, 0) is 16.9 Å². The van der Waals surface area contributed by atoms with Gasteiger partial charge in [-0.2, -0.15) is 0 Å². The molecule has 0 atom stereocenters. The van der Waals surface area contributed by atoms with E-state index >= 15 is 0 Å². The Morgan fingerprint density at radius 1 is 1.20 bits per heavy atom. The molecule has 3 aromatic heterocycles. The van der Waals surface area contributed by atoms with Gasteiger partial charge in [-0.25, -0.2) is 15.0 Å². The Bertz CT molecular complexity index is 971. The molecule has 2 N–H and O–H groups in total. The lowest BCUT2D eigenvalue weighted by molar-refractivity contribution is -0.0529. The number of nitrogen functional groups attached to an aromatic ring is 1. The first-order chi connectivity index (χ1) is 12.0. The molecule has 7 heteroatoms. The van der Waals surface area contributed by atoms with E-state index in [0.717, 1.165) is 40.4 Å². The van der Waals surface area contributed by atoms with Gasteiger partial charge in [0, 0.05) is 30.4 Å². The topological polar surface area (TPSA) is 91.7 Å². The largest absolute Gasteiger partial charge is 0.368 e. The third kappa shape index (κ3) is 2.30. The fraction of sp³-hybridized carbons (Fsp3) is 0.444. The minimum Gasteiger partial charge on any atom is -0.368 e. The van der Waals surface area contributed by atoms with Crippen LogP contribution in [0.15, 0.2) is 18.5 Å². The highest BCUT2D eigenvalue weighted by Gasteiger charge is 2.35. The zero-order valence-electron chi connectivity index (χ0n) is 14.4. The number of anilines is 1. The van der Waals surface area contributed by atoms with E-state index in [0.29, 0.717) is 12.5 Å². The molecule has 0 bridgehead atoms. The molecule has 0 saturated heterocycles. The number of imidazole rings is 1. The molecule has 1 saturated carbocycles. The fourth-order valence-electron chi connectivity index (χ4n) is 3.55. The van der Waals surface area contributed by atoms with Gasteiger partial charge in [-0.15, -0.1) is 0 Å². The van der Waals surface area contributed by atoms with Gasteiger partial charge in [-0.1, -0.05) is 0 Å². The number of rotatable bonds is 2. The number of hydrogen-bond acceptors (Lipinski definition) is 6. The summed E-state index contributed by atoms with van der Waals surface area (Å²) in [6, 6.07) is 2.09. The second-order valence-corrected chi connectivity index (χ2v) is 7.31. The lowest BCUT2D eigenvalue weighted by Gasteiger charge is -2.30. The Balaban J connectivity index is 1.77. The molecule has 2 aliphatic rings. The Morgan fingerprint density at radius 2 is 1.96 bits per heavy atom. The van der Waals surface area contributed by atoms with Crippen molar-refractivity contribution >= 4 is 17.0 Å². The van der Waals surface area contributed by atoms with E-state index < -0.39 is 0 Å². The Morgan fingerprint density at radius 3 is 2.68 bits per heavy atom. The van der Waals surface area contributed by atoms with E-state index in [1.54, 1.807) is 12.4 Å². The first-order valence-corrected chi connectivity index (χ1v) is 8.66. The summed E-state index contributed by atoms with van der Waals surface area (Å²) in [7, 11) is 0. The van der Waals surface area contributed by atoms with Crippen molar-refractivity contribution in [3.05, 3.63) is 30.0 Å². The number of hydrogen-bond donors (Lipinski definition) is 1. The second kappa shape index (κ2) is 4.98. The average molecular weight is 336 g/mol. The highest BCUT2D eigenvalue weighted by molar-refractivity contribution is 5.83. The van der Waals surface area contributed by atoms with Gasteiger partial charge in [0.2, 0.25) is 5.95 Å². The van der Waals surface area contributed by atoms with Crippen molar-refractivity contribution in [1.82, 2.24) is 24.5 Å². The van der Waals surface area contributed by atoms with E-state index in [4.69, 9.17) is 20.4 Å². The van der Waals surface area contributed by atoms with Crippen LogP contribution in [0.4, 0.5) is 5.95 Å². The van der Waals surface area contributed by atoms with Gasteiger partial charge in [0.25, 0.3) is 0 Å². The monoisotopic (exact) mass is 336 g/mol. The molecule has 5 rings (SSSR count). The number of fused-ring (bicyclic) bond motifs is 3. The predicted molar refractivity (Wildman–Crippen MR) is 93.9 cm³/mol. The molecular formula is C18H20N6O. The fourth-order valence-corrected chi connectivity index (χ4v) is 3.55. The van der Waals surface area contributed by atoms with Gasteiger partial charge in [-0.05, 0) is 32.8 Å². The Kier molecular flexibility index (Phi) is 2.94. The van der Waals surface area contributed by atoms with Crippen LogP contribution in [-0.4, -0.2) is 31.1 Å². The highest BCUT2D eigenvalue weighted by Crippen LogP contribution is 2.44. The molecule has 3 aromatic rings. The van der Waals surface area contributed by atoms with Gasteiger partial charge in [0.15, 0.2) is 0 Å². The molecule has 0 radical (unpaired) electrons. The maximum atomic E-state index is 5.93. The standard InChI is InChI=1S/C18H20N6O/c1-18(2)16-23-15-13(24(16)5-6-25-18)7-12(22-14(15)10-3-4-10)11-8-20-17(19)21-9-11/h7-10H,3-6H2,1-2H3,(H2,19,20,21). The zero-order valence-corrected chi connectivity index (χ0v) is 14.4. The SMILES string of the molecule is CC1(C)OCCn2c1nc1c(C3CC3)nc(-c3cnc(N)nc3)cc12. The van der Waals surface area contributed by atoms with Crippen molar-refractivity contribution in [2.24, 2.45) is 0 Å². The first-order valence-electron chi connectivity index (χ1n) is 8.66. The maximum Gasteiger partial charge on any atom is 0.219 e. The maximum absolute atomic E-state index is 5.93. The third-order valence-corrected chi connectivity index (χ3v) is 5.01. The Labute approximate surface area is 145 Å². The molecular weight excluding hydrogens is 316 g/mol. The molecule has 25 heavy (non-hydrogen) atoms. The van der Waals surface area contributed by atoms with E-state index in [2.05, 4.69) is 34.4 Å². The van der Waals surface area contributed by atoms with Crippen LogP contribution >= 0.6 is 0 Å². The number of nitrogens with zero attached hydrogens (tertiary/aromatic N) is 5. The zero-order chi connectivity index (χ0) is 17.2. The summed E-state index contributed by atoms with van der Waals surface area (Å²) in [5.74, 6) is 1.74. The van der Waals surface area contributed by atoms with Crippen LogP contribution in [0.25, 0.3) is 22.3 Å². The van der Waals surface area contributed by atoms with Crippen LogP contribution in [0.5, 0.6) is 0 Å². The summed E-state index contributed by atoms with van der Waals surface area (Å²) in [6.07, 6.45) is 5.80. The van der Waals surface area contributed by atoms with Gasteiger partial charge in [0.1, 0.15) is 16.9 Å².